The van der Waals surface area contributed by atoms with E-state index in [1.807, 2.05) is 54.6 Å². The second kappa shape index (κ2) is 7.94. The Morgan fingerprint density at radius 1 is 0.769 bits per heavy atom. The number of hydrogen-bond acceptors (Lipinski definition) is 2. The second-order valence-electron chi connectivity index (χ2n) is 5.76. The molecule has 0 radical (unpaired) electrons. The molecule has 0 fully saturated rings. The summed E-state index contributed by atoms with van der Waals surface area (Å²) in [5.74, 6) is -0.675. The first-order valence-electron chi connectivity index (χ1n) is 8.16. The first kappa shape index (κ1) is 17.2. The number of rotatable bonds is 5. The van der Waals surface area contributed by atoms with Crippen LogP contribution in [0.3, 0.4) is 0 Å². The standard InChI is InChI=1S/C22H18N2O2/c23-21(25)15-8-16-6-13-20(14-7-16)24-22(26)19-11-9-18(10-12-19)17-4-2-1-3-5-17/h1-15H,(H2,23,25)(H,24,26). The molecule has 0 saturated carbocycles. The van der Waals surface area contributed by atoms with E-state index in [0.717, 1.165) is 16.7 Å². The fraction of sp³-hybridized carbons (Fsp3) is 0. The number of amides is 2. The van der Waals surface area contributed by atoms with E-state index in [1.165, 1.54) is 6.08 Å². The molecule has 0 atom stereocenters. The smallest absolute Gasteiger partial charge is 0.255 e. The molecule has 4 nitrogen and oxygen atoms in total. The zero-order valence-electron chi connectivity index (χ0n) is 14.1. The lowest BCUT2D eigenvalue weighted by Crippen LogP contribution is -2.11. The minimum atomic E-state index is -0.499. The number of carbonyl (C=O) groups excluding carboxylic acids is 2. The first-order chi connectivity index (χ1) is 12.6. The summed E-state index contributed by atoms with van der Waals surface area (Å²) in [6.45, 7) is 0. The monoisotopic (exact) mass is 342 g/mol. The summed E-state index contributed by atoms with van der Waals surface area (Å²) in [6, 6.07) is 24.6. The van der Waals surface area contributed by atoms with Gasteiger partial charge in [-0.05, 0) is 47.0 Å². The van der Waals surface area contributed by atoms with Crippen molar-refractivity contribution < 1.29 is 9.59 Å². The Bertz CT molecular complexity index is 928. The molecule has 3 aromatic carbocycles. The van der Waals surface area contributed by atoms with Crippen molar-refractivity contribution in [3.63, 3.8) is 0 Å². The van der Waals surface area contributed by atoms with Gasteiger partial charge in [0.05, 0.1) is 0 Å². The van der Waals surface area contributed by atoms with Crippen molar-refractivity contribution in [3.05, 3.63) is 96.1 Å². The number of benzene rings is 3. The van der Waals surface area contributed by atoms with Crippen LogP contribution in [0.2, 0.25) is 0 Å². The average molecular weight is 342 g/mol. The highest BCUT2D eigenvalue weighted by Gasteiger charge is 2.06. The van der Waals surface area contributed by atoms with Gasteiger partial charge in [0.25, 0.3) is 5.91 Å². The lowest BCUT2D eigenvalue weighted by Gasteiger charge is -2.07. The molecular weight excluding hydrogens is 324 g/mol. The minimum absolute atomic E-state index is 0.176. The van der Waals surface area contributed by atoms with Crippen LogP contribution in [0.1, 0.15) is 15.9 Å². The summed E-state index contributed by atoms with van der Waals surface area (Å²) in [5, 5.41) is 2.85. The molecule has 3 rings (SSSR count). The van der Waals surface area contributed by atoms with Crippen LogP contribution >= 0.6 is 0 Å². The van der Waals surface area contributed by atoms with Crippen molar-refractivity contribution in [1.29, 1.82) is 0 Å². The summed E-state index contributed by atoms with van der Waals surface area (Å²) in [7, 11) is 0. The topological polar surface area (TPSA) is 72.2 Å². The zero-order chi connectivity index (χ0) is 18.4. The summed E-state index contributed by atoms with van der Waals surface area (Å²) in [5.41, 5.74) is 9.33. The van der Waals surface area contributed by atoms with E-state index in [2.05, 4.69) is 5.32 Å². The summed E-state index contributed by atoms with van der Waals surface area (Å²) in [4.78, 5) is 23.1. The molecule has 26 heavy (non-hydrogen) atoms. The van der Waals surface area contributed by atoms with Crippen molar-refractivity contribution in [1.82, 2.24) is 0 Å². The van der Waals surface area contributed by atoms with E-state index in [1.54, 1.807) is 30.3 Å². The first-order valence-corrected chi connectivity index (χ1v) is 8.16. The minimum Gasteiger partial charge on any atom is -0.366 e. The summed E-state index contributed by atoms with van der Waals surface area (Å²) < 4.78 is 0. The second-order valence-corrected chi connectivity index (χ2v) is 5.76. The Balaban J connectivity index is 1.67. The fourth-order valence-electron chi connectivity index (χ4n) is 2.50. The molecule has 0 aliphatic rings. The lowest BCUT2D eigenvalue weighted by molar-refractivity contribution is -0.113. The van der Waals surface area contributed by atoms with Crippen molar-refractivity contribution in [3.8, 4) is 11.1 Å². The predicted octanol–water partition coefficient (Wildman–Crippen LogP) is 4.10. The maximum absolute atomic E-state index is 12.4. The Morgan fingerprint density at radius 3 is 2.00 bits per heavy atom. The van der Waals surface area contributed by atoms with Gasteiger partial charge >= 0.3 is 0 Å². The van der Waals surface area contributed by atoms with Gasteiger partial charge in [-0.2, -0.15) is 0 Å². The van der Waals surface area contributed by atoms with Gasteiger partial charge in [-0.1, -0.05) is 54.6 Å². The quantitative estimate of drug-likeness (QED) is 0.685. The number of carbonyl (C=O) groups is 2. The van der Waals surface area contributed by atoms with Gasteiger partial charge in [0.2, 0.25) is 5.91 Å². The third-order valence-electron chi connectivity index (χ3n) is 3.86. The number of nitrogens with one attached hydrogen (secondary N) is 1. The highest BCUT2D eigenvalue weighted by atomic mass is 16.1. The molecule has 0 saturated heterocycles. The molecule has 0 aliphatic heterocycles. The summed E-state index contributed by atoms with van der Waals surface area (Å²) >= 11 is 0. The lowest BCUT2D eigenvalue weighted by atomic mass is 10.0. The van der Waals surface area contributed by atoms with Crippen LogP contribution in [-0.2, 0) is 4.79 Å². The normalized spacial score (nSPS) is 10.6. The molecule has 0 unspecified atom stereocenters. The van der Waals surface area contributed by atoms with E-state index < -0.39 is 5.91 Å². The van der Waals surface area contributed by atoms with Crippen molar-refractivity contribution in [2.75, 3.05) is 5.32 Å². The van der Waals surface area contributed by atoms with Crippen molar-refractivity contribution in [2.24, 2.45) is 5.73 Å². The Labute approximate surface area is 152 Å². The third-order valence-corrected chi connectivity index (χ3v) is 3.86. The third kappa shape index (κ3) is 4.45. The van der Waals surface area contributed by atoms with E-state index in [9.17, 15) is 9.59 Å². The number of hydrogen-bond donors (Lipinski definition) is 2. The van der Waals surface area contributed by atoms with E-state index in [0.29, 0.717) is 11.3 Å². The van der Waals surface area contributed by atoms with E-state index in [-0.39, 0.29) is 5.91 Å². The average Bonchev–Trinajstić information content (AvgIpc) is 2.68. The van der Waals surface area contributed by atoms with Gasteiger partial charge in [0.15, 0.2) is 0 Å². The molecule has 0 aromatic heterocycles. The van der Waals surface area contributed by atoms with E-state index >= 15 is 0 Å². The molecule has 2 amide bonds. The molecule has 0 heterocycles. The van der Waals surface area contributed by atoms with Crippen LogP contribution < -0.4 is 11.1 Å². The highest BCUT2D eigenvalue weighted by molar-refractivity contribution is 6.04. The number of nitrogens with two attached hydrogens (primary N) is 1. The van der Waals surface area contributed by atoms with Gasteiger partial charge < -0.3 is 11.1 Å². The molecule has 3 aromatic rings. The zero-order valence-corrected chi connectivity index (χ0v) is 14.1. The number of anilines is 1. The molecule has 128 valence electrons. The molecular formula is C22H18N2O2. The van der Waals surface area contributed by atoms with E-state index in [4.69, 9.17) is 5.73 Å². The van der Waals surface area contributed by atoms with Crippen LogP contribution in [0, 0.1) is 0 Å². The summed E-state index contributed by atoms with van der Waals surface area (Å²) in [6.07, 6.45) is 2.91. The Kier molecular flexibility index (Phi) is 5.25. The molecule has 0 aliphatic carbocycles. The molecule has 3 N–H and O–H groups in total. The van der Waals surface area contributed by atoms with Gasteiger partial charge in [-0.3, -0.25) is 9.59 Å². The van der Waals surface area contributed by atoms with Gasteiger partial charge in [-0.25, -0.2) is 0 Å². The molecule has 0 bridgehead atoms. The van der Waals surface area contributed by atoms with Crippen LogP contribution in [-0.4, -0.2) is 11.8 Å². The highest BCUT2D eigenvalue weighted by Crippen LogP contribution is 2.20. The maximum atomic E-state index is 12.4. The Morgan fingerprint density at radius 2 is 1.38 bits per heavy atom. The van der Waals surface area contributed by atoms with Crippen LogP contribution in [0.4, 0.5) is 5.69 Å². The van der Waals surface area contributed by atoms with Crippen LogP contribution in [0.15, 0.2) is 84.9 Å². The Hall–Kier alpha value is -3.66. The van der Waals surface area contributed by atoms with Crippen LogP contribution in [0.5, 0.6) is 0 Å². The number of primary amides is 1. The molecule has 4 heteroatoms. The van der Waals surface area contributed by atoms with Crippen molar-refractivity contribution in [2.45, 2.75) is 0 Å². The van der Waals surface area contributed by atoms with Crippen molar-refractivity contribution >= 4 is 23.6 Å². The fourth-order valence-corrected chi connectivity index (χ4v) is 2.50. The molecule has 0 spiro atoms. The largest absolute Gasteiger partial charge is 0.366 e. The van der Waals surface area contributed by atoms with Crippen LogP contribution in [0.25, 0.3) is 17.2 Å². The SMILES string of the molecule is NC(=O)C=Cc1ccc(NC(=O)c2ccc(-c3ccccc3)cc2)cc1. The van der Waals surface area contributed by atoms with Gasteiger partial charge in [0.1, 0.15) is 0 Å². The van der Waals surface area contributed by atoms with Gasteiger partial charge in [-0.15, -0.1) is 0 Å². The van der Waals surface area contributed by atoms with Gasteiger partial charge in [0, 0.05) is 17.3 Å². The maximum Gasteiger partial charge on any atom is 0.255 e. The predicted molar refractivity (Wildman–Crippen MR) is 105 cm³/mol.